The highest BCUT2D eigenvalue weighted by molar-refractivity contribution is 6.39. The van der Waals surface area contributed by atoms with Crippen molar-refractivity contribution in [3.63, 3.8) is 0 Å². The first-order valence-electron chi connectivity index (χ1n) is 8.96. The van der Waals surface area contributed by atoms with Crippen molar-refractivity contribution in [1.82, 2.24) is 0 Å². The normalized spacial score (nSPS) is 17.7. The molecule has 4 nitrogen and oxygen atoms in total. The molecule has 154 valence electrons. The van der Waals surface area contributed by atoms with E-state index >= 15 is 4.39 Å². The average molecular weight is 425 g/mol. The molecule has 3 aromatic carbocycles. The third-order valence-electron chi connectivity index (χ3n) is 4.87. The first kappa shape index (κ1) is 20.3. The van der Waals surface area contributed by atoms with Gasteiger partial charge in [0.05, 0.1) is 16.5 Å². The number of benzene rings is 3. The minimum atomic E-state index is -3.67. The molecule has 1 atom stereocenters. The molecule has 0 fully saturated rings. The third-order valence-corrected chi connectivity index (χ3v) is 4.87. The van der Waals surface area contributed by atoms with Crippen molar-refractivity contribution in [1.29, 1.82) is 0 Å². The van der Waals surface area contributed by atoms with Crippen LogP contribution in [0.2, 0.25) is 0 Å². The molecule has 31 heavy (non-hydrogen) atoms. The molecule has 0 saturated carbocycles. The van der Waals surface area contributed by atoms with Gasteiger partial charge >= 0.3 is 0 Å². The minimum absolute atomic E-state index is 0.132. The second-order valence-corrected chi connectivity index (χ2v) is 6.73. The quantitative estimate of drug-likeness (QED) is 0.367. The zero-order valence-electron chi connectivity index (χ0n) is 15.5. The minimum Gasteiger partial charge on any atom is -0.289 e. The van der Waals surface area contributed by atoms with Gasteiger partial charge in [0.2, 0.25) is 5.78 Å². The van der Waals surface area contributed by atoms with Crippen LogP contribution in [-0.4, -0.2) is 23.1 Å². The van der Waals surface area contributed by atoms with Crippen LogP contribution in [0.3, 0.4) is 0 Å². The van der Waals surface area contributed by atoms with Crippen molar-refractivity contribution in [2.45, 2.75) is 5.67 Å². The van der Waals surface area contributed by atoms with E-state index in [0.29, 0.717) is 0 Å². The van der Waals surface area contributed by atoms with Crippen molar-refractivity contribution >= 4 is 23.0 Å². The van der Waals surface area contributed by atoms with Crippen LogP contribution < -0.4 is 10.6 Å². The molecule has 0 aromatic heterocycles. The number of hydrogen-bond donors (Lipinski definition) is 0. The number of fused-ring (bicyclic) bond motifs is 1. The van der Waals surface area contributed by atoms with Gasteiger partial charge < -0.3 is 0 Å². The lowest BCUT2D eigenvalue weighted by Crippen LogP contribution is -2.53. The Labute approximate surface area is 172 Å². The molecule has 8 heteroatoms. The molecule has 0 aliphatic carbocycles. The van der Waals surface area contributed by atoms with Gasteiger partial charge in [0.1, 0.15) is 17.5 Å². The van der Waals surface area contributed by atoms with Crippen molar-refractivity contribution in [2.75, 3.05) is 0 Å². The first-order chi connectivity index (χ1) is 14.7. The molecule has 1 aliphatic rings. The largest absolute Gasteiger partial charge is 0.297 e. The fraction of sp³-hybridized carbons (Fsp3) is 0.0435. The van der Waals surface area contributed by atoms with Crippen LogP contribution in [0.1, 0.15) is 20.7 Å². The molecule has 1 amide bonds. The second-order valence-electron chi connectivity index (χ2n) is 6.73. The molecule has 4 rings (SSSR count). The molecular weight excluding hydrogens is 414 g/mol. The second kappa shape index (κ2) is 7.39. The molecule has 1 unspecified atom stereocenters. The Bertz CT molecular complexity index is 1360. The Morgan fingerprint density at radius 2 is 1.42 bits per heavy atom. The average Bonchev–Trinajstić information content (AvgIpc) is 2.74. The van der Waals surface area contributed by atoms with Gasteiger partial charge in [0, 0.05) is 10.8 Å². The van der Waals surface area contributed by atoms with E-state index < -0.39 is 57.3 Å². The van der Waals surface area contributed by atoms with E-state index in [0.717, 1.165) is 42.5 Å². The fourth-order valence-corrected chi connectivity index (χ4v) is 3.39. The number of carbonyl (C=O) groups is 3. The molecule has 0 radical (unpaired) electrons. The smallest absolute Gasteiger partial charge is 0.289 e. The highest BCUT2D eigenvalue weighted by atomic mass is 19.1. The van der Waals surface area contributed by atoms with E-state index in [1.807, 2.05) is 0 Å². The maximum absolute atomic E-state index is 16.3. The Kier molecular flexibility index (Phi) is 4.85. The fourth-order valence-electron chi connectivity index (χ4n) is 3.39. The van der Waals surface area contributed by atoms with Gasteiger partial charge in [-0.2, -0.15) is 0 Å². The zero-order valence-corrected chi connectivity index (χ0v) is 15.5. The Hall–Kier alpha value is -3.94. The molecule has 0 N–H and O–H groups in total. The highest BCUT2D eigenvalue weighted by Crippen LogP contribution is 2.33. The maximum Gasteiger partial charge on any atom is 0.297 e. The summed E-state index contributed by atoms with van der Waals surface area (Å²) in [6, 6.07) is 11.5. The summed E-state index contributed by atoms with van der Waals surface area (Å²) in [5.41, 5.74) is -6.26. The van der Waals surface area contributed by atoms with Crippen LogP contribution in [0.5, 0.6) is 0 Å². The van der Waals surface area contributed by atoms with Crippen LogP contribution in [0, 0.1) is 17.5 Å². The molecule has 3 aromatic rings. The number of carbonyl (C=O) groups excluding carboxylic acids is 3. The molecule has 1 heterocycles. The molecule has 0 saturated heterocycles. The number of alkyl halides is 1. The monoisotopic (exact) mass is 425 g/mol. The summed E-state index contributed by atoms with van der Waals surface area (Å²) in [6.07, 6.45) is 0. The van der Waals surface area contributed by atoms with Gasteiger partial charge in [-0.3, -0.25) is 14.4 Å². The SMILES string of the molecule is O=C(C1=c2ccccc2=NC(=O)C1(F)C(=O)c1ccc(F)cc1)c1c(F)cccc1F. The molecule has 0 bridgehead atoms. The molecular formula is C23H11F4NO3. The van der Waals surface area contributed by atoms with Gasteiger partial charge in [-0.1, -0.05) is 24.3 Å². The summed E-state index contributed by atoms with van der Waals surface area (Å²) in [5.74, 6) is -7.94. The van der Waals surface area contributed by atoms with Gasteiger partial charge in [-0.05, 0) is 42.5 Å². The number of amides is 1. The summed E-state index contributed by atoms with van der Waals surface area (Å²) in [6.45, 7) is 0. The number of hydrogen-bond acceptors (Lipinski definition) is 3. The van der Waals surface area contributed by atoms with Gasteiger partial charge in [-0.25, -0.2) is 22.6 Å². The number of halogens is 4. The van der Waals surface area contributed by atoms with Gasteiger partial charge in [0.25, 0.3) is 11.6 Å². The predicted octanol–water partition coefficient (Wildman–Crippen LogP) is 2.89. The summed E-state index contributed by atoms with van der Waals surface area (Å²) >= 11 is 0. The Morgan fingerprint density at radius 1 is 0.806 bits per heavy atom. The van der Waals surface area contributed by atoms with E-state index in [1.54, 1.807) is 0 Å². The lowest BCUT2D eigenvalue weighted by molar-refractivity contribution is -0.124. The summed E-state index contributed by atoms with van der Waals surface area (Å²) < 4.78 is 58.2. The van der Waals surface area contributed by atoms with Crippen LogP contribution in [-0.2, 0) is 4.79 Å². The highest BCUT2D eigenvalue weighted by Gasteiger charge is 2.55. The van der Waals surface area contributed by atoms with E-state index in [9.17, 15) is 27.6 Å². The lowest BCUT2D eigenvalue weighted by Gasteiger charge is -2.25. The van der Waals surface area contributed by atoms with Crippen LogP contribution >= 0.6 is 0 Å². The number of ketones is 2. The van der Waals surface area contributed by atoms with E-state index in [-0.39, 0.29) is 10.6 Å². The van der Waals surface area contributed by atoms with Crippen molar-refractivity contribution < 1.29 is 31.9 Å². The van der Waals surface area contributed by atoms with Gasteiger partial charge in [0.15, 0.2) is 5.78 Å². The predicted molar refractivity (Wildman–Crippen MR) is 101 cm³/mol. The maximum atomic E-state index is 16.3. The van der Waals surface area contributed by atoms with Crippen molar-refractivity contribution in [2.24, 2.45) is 4.99 Å². The summed E-state index contributed by atoms with van der Waals surface area (Å²) in [5, 5.41) is -0.388. The van der Waals surface area contributed by atoms with Gasteiger partial charge in [-0.15, -0.1) is 0 Å². The Balaban J connectivity index is 2.05. The lowest BCUT2D eigenvalue weighted by atomic mass is 9.80. The molecule has 0 spiro atoms. The molecule has 1 aliphatic heterocycles. The topological polar surface area (TPSA) is 63.6 Å². The van der Waals surface area contributed by atoms with E-state index in [4.69, 9.17) is 0 Å². The summed E-state index contributed by atoms with van der Waals surface area (Å²) in [7, 11) is 0. The van der Waals surface area contributed by atoms with E-state index in [2.05, 4.69) is 4.99 Å². The number of Topliss-reactive ketones (excluding diaryl/α,β-unsaturated/α-hetero) is 2. The number of rotatable bonds is 4. The number of para-hydroxylation sites is 1. The van der Waals surface area contributed by atoms with E-state index in [1.165, 1.54) is 24.3 Å². The van der Waals surface area contributed by atoms with Crippen LogP contribution in [0.25, 0.3) is 5.57 Å². The van der Waals surface area contributed by atoms with Crippen molar-refractivity contribution in [3.8, 4) is 0 Å². The van der Waals surface area contributed by atoms with Crippen LogP contribution in [0.15, 0.2) is 71.7 Å². The third kappa shape index (κ3) is 3.16. The first-order valence-corrected chi connectivity index (χ1v) is 8.96. The number of nitrogens with zero attached hydrogens (tertiary/aromatic N) is 1. The standard InChI is InChI=1S/C23H11F4NO3/c24-13-10-8-12(9-11-13)21(30)23(27)19(14-4-1-2-7-17(14)28-22(23)31)20(29)18-15(25)5-3-6-16(18)26/h1-11H. The van der Waals surface area contributed by atoms with Crippen LogP contribution in [0.4, 0.5) is 17.6 Å². The van der Waals surface area contributed by atoms with Crippen molar-refractivity contribution in [3.05, 3.63) is 106 Å². The zero-order chi connectivity index (χ0) is 22.3. The summed E-state index contributed by atoms with van der Waals surface area (Å²) in [4.78, 5) is 42.5. The Morgan fingerprint density at radius 3 is 2.06 bits per heavy atom.